The zero-order chi connectivity index (χ0) is 29.1. The fraction of sp³-hybridized carbons (Fsp3) is 0.333. The number of carbonyl (C=O) groups is 2. The first-order chi connectivity index (χ1) is 19.8. The number of rotatable bonds is 9. The number of ether oxygens (including phenoxy) is 1. The van der Waals surface area contributed by atoms with Crippen LogP contribution < -0.4 is 9.64 Å². The Labute approximate surface area is 249 Å². The van der Waals surface area contributed by atoms with Crippen LogP contribution in [0.15, 0.2) is 60.7 Å². The van der Waals surface area contributed by atoms with Gasteiger partial charge in [-0.1, -0.05) is 49.2 Å². The summed E-state index contributed by atoms with van der Waals surface area (Å²) in [5.41, 5.74) is 3.65. The molecule has 0 unspecified atom stereocenters. The SMILES string of the molecule is CC[C@H]1CC[C@H](N(Cc2cc(-c3ccc(N(C)C=O)cc3)ccc2OC)C(=O)c2sc3cccc(F)c3c2Cl)CC1. The number of fused-ring (bicyclic) bond motifs is 1. The highest BCUT2D eigenvalue weighted by Gasteiger charge is 2.32. The summed E-state index contributed by atoms with van der Waals surface area (Å²) in [6.45, 7) is 2.57. The summed E-state index contributed by atoms with van der Waals surface area (Å²) in [5, 5.41) is 0.488. The quantitative estimate of drug-likeness (QED) is 0.183. The van der Waals surface area contributed by atoms with E-state index in [1.807, 2.05) is 41.3 Å². The summed E-state index contributed by atoms with van der Waals surface area (Å²) in [7, 11) is 3.34. The summed E-state index contributed by atoms with van der Waals surface area (Å²) in [4.78, 5) is 29.2. The van der Waals surface area contributed by atoms with Crippen molar-refractivity contribution in [2.75, 3.05) is 19.1 Å². The lowest BCUT2D eigenvalue weighted by atomic mass is 9.83. The van der Waals surface area contributed by atoms with Crippen molar-refractivity contribution in [3.63, 3.8) is 0 Å². The number of benzene rings is 3. The number of hydrogen-bond donors (Lipinski definition) is 0. The third kappa shape index (κ3) is 5.97. The van der Waals surface area contributed by atoms with Crippen molar-refractivity contribution in [1.29, 1.82) is 0 Å². The molecule has 0 aliphatic heterocycles. The Morgan fingerprint density at radius 1 is 1.07 bits per heavy atom. The summed E-state index contributed by atoms with van der Waals surface area (Å²) in [5.74, 6) is 0.769. The van der Waals surface area contributed by atoms with E-state index >= 15 is 0 Å². The fourth-order valence-corrected chi connectivity index (χ4v) is 7.29. The average Bonchev–Trinajstić information content (AvgIpc) is 3.36. The van der Waals surface area contributed by atoms with Crippen LogP contribution in [0.25, 0.3) is 21.2 Å². The molecule has 214 valence electrons. The lowest BCUT2D eigenvalue weighted by Crippen LogP contribution is -2.41. The molecule has 0 bridgehead atoms. The zero-order valence-corrected chi connectivity index (χ0v) is 25.1. The molecule has 1 aliphatic carbocycles. The van der Waals surface area contributed by atoms with Gasteiger partial charge in [0, 0.05) is 41.0 Å². The Balaban J connectivity index is 1.52. The number of nitrogens with zero attached hydrogens (tertiary/aromatic N) is 2. The summed E-state index contributed by atoms with van der Waals surface area (Å²) < 4.78 is 21.1. The van der Waals surface area contributed by atoms with Gasteiger partial charge in [0.15, 0.2) is 0 Å². The first-order valence-corrected chi connectivity index (χ1v) is 15.2. The van der Waals surface area contributed by atoms with E-state index in [2.05, 4.69) is 13.0 Å². The van der Waals surface area contributed by atoms with E-state index in [0.717, 1.165) is 60.9 Å². The number of halogens is 2. The summed E-state index contributed by atoms with van der Waals surface area (Å²) in [6, 6.07) is 18.6. The normalized spacial score (nSPS) is 16.9. The third-order valence-corrected chi connectivity index (χ3v) is 9.92. The van der Waals surface area contributed by atoms with Crippen LogP contribution in [0, 0.1) is 11.7 Å². The monoisotopic (exact) mass is 592 g/mol. The van der Waals surface area contributed by atoms with Crippen LogP contribution in [0.4, 0.5) is 10.1 Å². The third-order valence-electron chi connectivity index (χ3n) is 8.28. The highest BCUT2D eigenvalue weighted by Crippen LogP contribution is 2.40. The number of methoxy groups -OCH3 is 1. The molecule has 1 fully saturated rings. The van der Waals surface area contributed by atoms with Crippen LogP contribution >= 0.6 is 22.9 Å². The molecule has 1 aromatic heterocycles. The Kier molecular flexibility index (Phi) is 8.95. The van der Waals surface area contributed by atoms with E-state index in [0.29, 0.717) is 33.2 Å². The van der Waals surface area contributed by atoms with Gasteiger partial charge in [-0.3, -0.25) is 9.59 Å². The van der Waals surface area contributed by atoms with Gasteiger partial charge in [0.1, 0.15) is 16.4 Å². The summed E-state index contributed by atoms with van der Waals surface area (Å²) >= 11 is 7.92. The van der Waals surface area contributed by atoms with E-state index < -0.39 is 5.82 Å². The van der Waals surface area contributed by atoms with Crippen LogP contribution in [0.2, 0.25) is 5.02 Å². The molecule has 1 saturated carbocycles. The van der Waals surface area contributed by atoms with Crippen molar-refractivity contribution >= 4 is 51.0 Å². The van der Waals surface area contributed by atoms with Gasteiger partial charge in [-0.05, 0) is 79.1 Å². The van der Waals surface area contributed by atoms with Gasteiger partial charge >= 0.3 is 0 Å². The second-order valence-corrected chi connectivity index (χ2v) is 12.1. The van der Waals surface area contributed by atoms with Crippen molar-refractivity contribution in [3.05, 3.63) is 81.9 Å². The summed E-state index contributed by atoms with van der Waals surface area (Å²) in [6.07, 6.45) is 5.87. The molecule has 41 heavy (non-hydrogen) atoms. The van der Waals surface area contributed by atoms with Gasteiger partial charge in [-0.25, -0.2) is 4.39 Å². The maximum atomic E-state index is 14.7. The van der Waals surface area contributed by atoms with Gasteiger partial charge < -0.3 is 14.5 Å². The van der Waals surface area contributed by atoms with Gasteiger partial charge in [-0.2, -0.15) is 0 Å². The van der Waals surface area contributed by atoms with Crippen molar-refractivity contribution in [2.24, 2.45) is 5.92 Å². The fourth-order valence-electron chi connectivity index (χ4n) is 5.79. The van der Waals surface area contributed by atoms with E-state index in [1.165, 1.54) is 22.3 Å². The molecule has 1 heterocycles. The van der Waals surface area contributed by atoms with E-state index in [-0.39, 0.29) is 17.0 Å². The highest BCUT2D eigenvalue weighted by molar-refractivity contribution is 7.21. The van der Waals surface area contributed by atoms with Crippen LogP contribution in [0.3, 0.4) is 0 Å². The molecule has 1 aliphatic rings. The lowest BCUT2D eigenvalue weighted by Gasteiger charge is -2.37. The van der Waals surface area contributed by atoms with Crippen LogP contribution in [-0.4, -0.2) is 37.4 Å². The molecular formula is C33H34ClFN2O3S. The van der Waals surface area contributed by atoms with Crippen molar-refractivity contribution in [2.45, 2.75) is 51.6 Å². The molecule has 0 spiro atoms. The molecule has 4 aromatic rings. The predicted molar refractivity (Wildman–Crippen MR) is 166 cm³/mol. The first kappa shape index (κ1) is 29.1. The van der Waals surface area contributed by atoms with Gasteiger partial charge in [-0.15, -0.1) is 11.3 Å². The largest absolute Gasteiger partial charge is 0.496 e. The Hall–Kier alpha value is -3.42. The van der Waals surface area contributed by atoms with Crippen molar-refractivity contribution in [3.8, 4) is 16.9 Å². The number of anilines is 1. The maximum Gasteiger partial charge on any atom is 0.266 e. The molecule has 2 amide bonds. The Bertz CT molecular complexity index is 1550. The lowest BCUT2D eigenvalue weighted by molar-refractivity contribution is -0.107. The second-order valence-electron chi connectivity index (χ2n) is 10.7. The van der Waals surface area contributed by atoms with E-state index in [1.54, 1.807) is 26.3 Å². The van der Waals surface area contributed by atoms with Gasteiger partial charge in [0.2, 0.25) is 6.41 Å². The molecule has 0 N–H and O–H groups in total. The molecule has 3 aromatic carbocycles. The zero-order valence-electron chi connectivity index (χ0n) is 23.5. The molecule has 0 radical (unpaired) electrons. The number of hydrogen-bond acceptors (Lipinski definition) is 4. The Morgan fingerprint density at radius 3 is 2.41 bits per heavy atom. The van der Waals surface area contributed by atoms with Crippen LogP contribution in [0.1, 0.15) is 54.3 Å². The molecule has 0 saturated heterocycles. The number of amides is 2. The molecular weight excluding hydrogens is 559 g/mol. The standard InChI is InChI=1S/C33H34ClFN2O3S/c1-4-21-8-13-26(14-9-21)37(33(39)32-31(34)30-27(35)6-5-7-29(30)41-32)19-24-18-23(12-17-28(24)40-3)22-10-15-25(16-11-22)36(2)20-38/h5-7,10-12,15-18,20-21,26H,4,8-9,13-14,19H2,1-3H3/t21-,26-. The Morgan fingerprint density at radius 2 is 1.78 bits per heavy atom. The minimum Gasteiger partial charge on any atom is -0.496 e. The van der Waals surface area contributed by atoms with Gasteiger partial charge in [0.25, 0.3) is 5.91 Å². The number of thiophene rings is 1. The molecule has 8 heteroatoms. The molecule has 0 atom stereocenters. The van der Waals surface area contributed by atoms with E-state index in [4.69, 9.17) is 16.3 Å². The van der Waals surface area contributed by atoms with Crippen LogP contribution in [-0.2, 0) is 11.3 Å². The van der Waals surface area contributed by atoms with Crippen LogP contribution in [0.5, 0.6) is 5.75 Å². The van der Waals surface area contributed by atoms with Gasteiger partial charge in [0.05, 0.1) is 12.1 Å². The predicted octanol–water partition coefficient (Wildman–Crippen LogP) is 8.57. The van der Waals surface area contributed by atoms with Crippen molar-refractivity contribution < 1.29 is 18.7 Å². The second kappa shape index (κ2) is 12.6. The first-order valence-electron chi connectivity index (χ1n) is 14.0. The minimum absolute atomic E-state index is 0.0444. The topological polar surface area (TPSA) is 49.9 Å². The van der Waals surface area contributed by atoms with E-state index in [9.17, 15) is 14.0 Å². The highest BCUT2D eigenvalue weighted by atomic mass is 35.5. The average molecular weight is 593 g/mol. The minimum atomic E-state index is -0.419. The smallest absolute Gasteiger partial charge is 0.266 e. The maximum absolute atomic E-state index is 14.7. The van der Waals surface area contributed by atoms with Crippen molar-refractivity contribution in [1.82, 2.24) is 4.90 Å². The number of carbonyl (C=O) groups excluding carboxylic acids is 2. The molecule has 5 nitrogen and oxygen atoms in total. The molecule has 5 rings (SSSR count).